The lowest BCUT2D eigenvalue weighted by Gasteiger charge is -2.34. The van der Waals surface area contributed by atoms with Gasteiger partial charge >= 0.3 is 0 Å². The van der Waals surface area contributed by atoms with Crippen molar-refractivity contribution < 1.29 is 4.74 Å². The van der Waals surface area contributed by atoms with Gasteiger partial charge in [0.15, 0.2) is 5.90 Å². The second-order valence-corrected chi connectivity index (χ2v) is 9.63. The van der Waals surface area contributed by atoms with Gasteiger partial charge < -0.3 is 10.5 Å². The maximum Gasteiger partial charge on any atom is 0.198 e. The molecule has 0 fully saturated rings. The van der Waals surface area contributed by atoms with Crippen LogP contribution in [0.15, 0.2) is 45.7 Å². The summed E-state index contributed by atoms with van der Waals surface area (Å²) in [6.07, 6.45) is 9.37. The van der Waals surface area contributed by atoms with Gasteiger partial charge in [0.2, 0.25) is 0 Å². The molecule has 5 nitrogen and oxygen atoms in total. The van der Waals surface area contributed by atoms with Gasteiger partial charge in [-0.25, -0.2) is 4.99 Å². The predicted octanol–water partition coefficient (Wildman–Crippen LogP) is 6.86. The molecular formula is C26H36N4OS. The number of methoxy groups -OCH3 is 1. The van der Waals surface area contributed by atoms with Crippen LogP contribution in [-0.2, 0) is 16.6 Å². The molecule has 0 aromatic carbocycles. The van der Waals surface area contributed by atoms with E-state index in [2.05, 4.69) is 45.3 Å². The molecule has 0 saturated carbocycles. The van der Waals surface area contributed by atoms with E-state index in [1.54, 1.807) is 13.3 Å². The second kappa shape index (κ2) is 11.3. The number of allylic oxidation sites excluding steroid dienone is 2. The normalized spacial score (nSPS) is 20.0. The number of aryl methyl sites for hydroxylation is 1. The number of nitrogens with two attached hydrogens (primary N) is 1. The van der Waals surface area contributed by atoms with Crippen LogP contribution in [0.1, 0.15) is 82.7 Å². The molecule has 0 saturated heterocycles. The van der Waals surface area contributed by atoms with E-state index >= 15 is 0 Å². The number of aliphatic imine (C=N–C) groups is 2. The summed E-state index contributed by atoms with van der Waals surface area (Å²) >= 11 is 1.51. The molecule has 0 unspecified atom stereocenters. The number of thiophene rings is 1. The Balaban J connectivity index is 2.54. The van der Waals surface area contributed by atoms with Gasteiger partial charge in [-0.15, -0.1) is 11.3 Å². The number of hydrogen-bond donors (Lipinski definition) is 1. The number of nitriles is 1. The van der Waals surface area contributed by atoms with Crippen LogP contribution in [-0.4, -0.2) is 18.7 Å². The molecule has 0 bridgehead atoms. The standard InChI is InChI=1S/C26H36N4OS/c1-8-11-19(5)29-15-13-18(4)23(17(3)9-2)30-25(31-7)26(6)14-10-12-21-22(26)20(16-27)24(28)32-21/h13,15H,4,8-12,14,28H2,1-3,5-7H3/b15-13-,23-17+,29-19?,30-25?/t26-/m0/s1. The first-order valence-corrected chi connectivity index (χ1v) is 12.1. The van der Waals surface area contributed by atoms with Gasteiger partial charge in [-0.2, -0.15) is 5.26 Å². The van der Waals surface area contributed by atoms with E-state index in [0.29, 0.717) is 16.5 Å². The molecule has 1 atom stereocenters. The summed E-state index contributed by atoms with van der Waals surface area (Å²) in [5.74, 6) is 0.593. The lowest BCUT2D eigenvalue weighted by atomic mass is 9.72. The van der Waals surface area contributed by atoms with Gasteiger partial charge in [0.1, 0.15) is 11.1 Å². The molecule has 6 heteroatoms. The first-order valence-electron chi connectivity index (χ1n) is 11.3. The zero-order chi connectivity index (χ0) is 23.9. The predicted molar refractivity (Wildman–Crippen MR) is 137 cm³/mol. The van der Waals surface area contributed by atoms with Crippen molar-refractivity contribution in [2.45, 2.75) is 78.6 Å². The maximum absolute atomic E-state index is 9.78. The fourth-order valence-corrected chi connectivity index (χ4v) is 5.36. The third-order valence-corrected chi connectivity index (χ3v) is 7.13. The molecule has 1 aromatic heterocycles. The van der Waals surface area contributed by atoms with Gasteiger partial charge in [-0.3, -0.25) is 4.99 Å². The molecule has 2 rings (SSSR count). The number of nitrogen functional groups attached to an aromatic ring is 1. The minimum Gasteiger partial charge on any atom is -0.483 e. The Kier molecular flexibility index (Phi) is 9.03. The van der Waals surface area contributed by atoms with Crippen LogP contribution in [0.5, 0.6) is 0 Å². The molecule has 1 aromatic rings. The molecule has 0 spiro atoms. The summed E-state index contributed by atoms with van der Waals surface area (Å²) in [6.45, 7) is 14.7. The first-order chi connectivity index (χ1) is 15.2. The molecule has 32 heavy (non-hydrogen) atoms. The highest BCUT2D eigenvalue weighted by Gasteiger charge is 2.42. The van der Waals surface area contributed by atoms with Gasteiger partial charge in [0.05, 0.1) is 23.8 Å². The minimum absolute atomic E-state index is 0.513. The Hall–Kier alpha value is -2.65. The zero-order valence-electron chi connectivity index (χ0n) is 20.3. The average Bonchev–Trinajstić information content (AvgIpc) is 3.10. The third kappa shape index (κ3) is 5.39. The van der Waals surface area contributed by atoms with Crippen LogP contribution in [0, 0.1) is 11.3 Å². The Morgan fingerprint density at radius 3 is 2.69 bits per heavy atom. The second-order valence-electron chi connectivity index (χ2n) is 8.50. The average molecular weight is 453 g/mol. The molecule has 2 N–H and O–H groups in total. The third-order valence-electron chi connectivity index (χ3n) is 6.05. The van der Waals surface area contributed by atoms with Crippen molar-refractivity contribution in [1.82, 2.24) is 0 Å². The van der Waals surface area contributed by atoms with Crippen molar-refractivity contribution in [3.63, 3.8) is 0 Å². The number of anilines is 1. The van der Waals surface area contributed by atoms with Crippen molar-refractivity contribution >= 4 is 27.9 Å². The SMILES string of the molecule is C=C(/C=C\N=C(C)CCC)/C(N=C(OC)[C@@]1(C)CCCc2sc(N)c(C#N)c21)=C(/C)CC. The monoisotopic (exact) mass is 452 g/mol. The molecule has 1 aliphatic rings. The van der Waals surface area contributed by atoms with Crippen molar-refractivity contribution in [3.8, 4) is 6.07 Å². The van der Waals surface area contributed by atoms with Gasteiger partial charge in [-0.05, 0) is 70.1 Å². The topological polar surface area (TPSA) is 83.8 Å². The fourth-order valence-electron chi connectivity index (χ4n) is 4.17. The zero-order valence-corrected chi connectivity index (χ0v) is 21.2. The molecule has 1 aliphatic carbocycles. The number of hydrogen-bond acceptors (Lipinski definition) is 6. The summed E-state index contributed by atoms with van der Waals surface area (Å²) in [6, 6.07) is 2.32. The van der Waals surface area contributed by atoms with Crippen LogP contribution in [0.2, 0.25) is 0 Å². The number of fused-ring (bicyclic) bond motifs is 1. The van der Waals surface area contributed by atoms with Crippen molar-refractivity contribution in [2.24, 2.45) is 9.98 Å². The molecular weight excluding hydrogens is 416 g/mol. The van der Waals surface area contributed by atoms with Crippen LogP contribution < -0.4 is 5.73 Å². The molecule has 0 amide bonds. The summed E-state index contributed by atoms with van der Waals surface area (Å²) in [7, 11) is 1.65. The number of nitrogens with zero attached hydrogens (tertiary/aromatic N) is 3. The Bertz CT molecular complexity index is 1020. The lowest BCUT2D eigenvalue weighted by molar-refractivity contribution is 0.336. The number of ether oxygens (including phenoxy) is 1. The van der Waals surface area contributed by atoms with E-state index in [-0.39, 0.29) is 0 Å². The number of rotatable bonds is 8. The van der Waals surface area contributed by atoms with E-state index in [1.807, 2.05) is 13.0 Å². The van der Waals surface area contributed by atoms with Crippen LogP contribution >= 0.6 is 11.3 Å². The summed E-state index contributed by atoms with van der Waals surface area (Å²) < 4.78 is 5.89. The minimum atomic E-state index is -0.513. The van der Waals surface area contributed by atoms with Crippen LogP contribution in [0.3, 0.4) is 0 Å². The largest absolute Gasteiger partial charge is 0.483 e. The quantitative estimate of drug-likeness (QED) is 0.266. The summed E-state index contributed by atoms with van der Waals surface area (Å²) in [5, 5.41) is 10.4. The Labute approximate surface area is 197 Å². The molecule has 1 heterocycles. The highest BCUT2D eigenvalue weighted by atomic mass is 32.1. The van der Waals surface area contributed by atoms with Crippen molar-refractivity contribution in [1.29, 1.82) is 5.26 Å². The molecule has 172 valence electrons. The highest BCUT2D eigenvalue weighted by molar-refractivity contribution is 7.16. The Morgan fingerprint density at radius 2 is 2.09 bits per heavy atom. The first kappa shape index (κ1) is 25.6. The van der Waals surface area contributed by atoms with E-state index in [4.69, 9.17) is 15.5 Å². The lowest BCUT2D eigenvalue weighted by Crippen LogP contribution is -2.37. The van der Waals surface area contributed by atoms with Gasteiger partial charge in [0.25, 0.3) is 0 Å². The molecule has 0 radical (unpaired) electrons. The smallest absolute Gasteiger partial charge is 0.198 e. The highest BCUT2D eigenvalue weighted by Crippen LogP contribution is 2.46. The van der Waals surface area contributed by atoms with Gasteiger partial charge in [0, 0.05) is 22.4 Å². The van der Waals surface area contributed by atoms with E-state index in [0.717, 1.165) is 71.5 Å². The summed E-state index contributed by atoms with van der Waals surface area (Å²) in [5.41, 5.74) is 11.0. The summed E-state index contributed by atoms with van der Waals surface area (Å²) in [4.78, 5) is 10.7. The van der Waals surface area contributed by atoms with E-state index < -0.39 is 5.41 Å². The fraction of sp³-hybridized carbons (Fsp3) is 0.500. The van der Waals surface area contributed by atoms with E-state index in [9.17, 15) is 5.26 Å². The van der Waals surface area contributed by atoms with E-state index in [1.165, 1.54) is 11.3 Å². The Morgan fingerprint density at radius 1 is 1.38 bits per heavy atom. The maximum atomic E-state index is 9.78. The van der Waals surface area contributed by atoms with Crippen LogP contribution in [0.4, 0.5) is 5.00 Å². The van der Waals surface area contributed by atoms with Crippen molar-refractivity contribution in [3.05, 3.63) is 51.7 Å². The van der Waals surface area contributed by atoms with Crippen molar-refractivity contribution in [2.75, 3.05) is 12.8 Å². The molecule has 0 aliphatic heterocycles. The van der Waals surface area contributed by atoms with Gasteiger partial charge in [-0.1, -0.05) is 26.8 Å². The van der Waals surface area contributed by atoms with Crippen LogP contribution in [0.25, 0.3) is 0 Å².